The van der Waals surface area contributed by atoms with E-state index in [1.165, 1.54) is 68.4 Å². The first-order valence-electron chi connectivity index (χ1n) is 10.4. The number of carbonyl (C=O) groups is 2. The van der Waals surface area contributed by atoms with Gasteiger partial charge in [0, 0.05) is 18.7 Å². The molecule has 0 spiro atoms. The molecular formula is C22H33NO2. The molecule has 1 heterocycles. The number of nitrogens with zero attached hydrogens (tertiary/aromatic N) is 1. The summed E-state index contributed by atoms with van der Waals surface area (Å²) >= 11 is 0. The van der Waals surface area contributed by atoms with E-state index >= 15 is 0 Å². The highest BCUT2D eigenvalue weighted by Crippen LogP contribution is 2.49. The smallest absolute Gasteiger partial charge is 0.253 e. The van der Waals surface area contributed by atoms with E-state index in [9.17, 15) is 9.59 Å². The Bertz CT molecular complexity index is 518. The number of allylic oxidation sites excluding steroid dienone is 2. The Morgan fingerprint density at radius 2 is 1.40 bits per heavy atom. The normalized spacial score (nSPS) is 30.2. The Hall–Kier alpha value is -1.38. The van der Waals surface area contributed by atoms with E-state index in [2.05, 4.69) is 19.1 Å². The molecule has 0 saturated heterocycles. The van der Waals surface area contributed by atoms with Crippen molar-refractivity contribution >= 4 is 11.8 Å². The van der Waals surface area contributed by atoms with Gasteiger partial charge in [-0.15, -0.1) is 0 Å². The summed E-state index contributed by atoms with van der Waals surface area (Å²) < 4.78 is 0. The molecule has 25 heavy (non-hydrogen) atoms. The molecule has 3 nitrogen and oxygen atoms in total. The van der Waals surface area contributed by atoms with Gasteiger partial charge in [-0.1, -0.05) is 64.0 Å². The molecule has 2 aliphatic carbocycles. The van der Waals surface area contributed by atoms with Gasteiger partial charge in [-0.2, -0.15) is 0 Å². The molecule has 0 aromatic heterocycles. The molecule has 3 heteroatoms. The molecular weight excluding hydrogens is 310 g/mol. The topological polar surface area (TPSA) is 37.4 Å². The summed E-state index contributed by atoms with van der Waals surface area (Å²) in [5.41, 5.74) is 0. The van der Waals surface area contributed by atoms with E-state index in [4.69, 9.17) is 0 Å². The second kappa shape index (κ2) is 8.82. The number of hydrogen-bond donors (Lipinski definition) is 0. The Labute approximate surface area is 152 Å². The summed E-state index contributed by atoms with van der Waals surface area (Å²) in [6.45, 7) is 3.04. The number of hydrogen-bond acceptors (Lipinski definition) is 2. The van der Waals surface area contributed by atoms with E-state index in [1.54, 1.807) is 0 Å². The van der Waals surface area contributed by atoms with Crippen LogP contribution in [0.5, 0.6) is 0 Å². The number of carbonyl (C=O) groups excluding carboxylic acids is 2. The molecule has 138 valence electrons. The quantitative estimate of drug-likeness (QED) is 0.304. The highest BCUT2D eigenvalue weighted by molar-refractivity contribution is 6.12. The van der Waals surface area contributed by atoms with E-state index in [0.29, 0.717) is 6.54 Å². The summed E-state index contributed by atoms with van der Waals surface area (Å²) in [5.74, 6) is 3.36. The molecule has 0 N–H and O–H groups in total. The molecule has 1 aliphatic heterocycles. The monoisotopic (exact) mass is 343 g/mol. The number of unbranched alkanes of at least 4 members (excludes halogenated alkanes) is 7. The molecule has 4 unspecified atom stereocenters. The van der Waals surface area contributed by atoms with Crippen LogP contribution < -0.4 is 0 Å². The fourth-order valence-corrected chi connectivity index (χ4v) is 5.01. The fraction of sp³-hybridized carbons (Fsp3) is 0.727. The van der Waals surface area contributed by atoms with Crippen molar-refractivity contribution in [2.45, 2.75) is 71.1 Å². The van der Waals surface area contributed by atoms with Crippen molar-refractivity contribution in [2.75, 3.05) is 6.54 Å². The van der Waals surface area contributed by atoms with E-state index in [1.807, 2.05) is 0 Å². The first-order chi connectivity index (χ1) is 12.2. The highest BCUT2D eigenvalue weighted by atomic mass is 16.2. The van der Waals surface area contributed by atoms with Crippen molar-refractivity contribution in [1.82, 2.24) is 4.90 Å². The predicted octanol–water partition coefficient (Wildman–Crippen LogP) is 4.88. The van der Waals surface area contributed by atoms with E-state index in [-0.39, 0.29) is 11.8 Å². The second-order valence-electron chi connectivity index (χ2n) is 8.25. The van der Waals surface area contributed by atoms with Gasteiger partial charge in [0.1, 0.15) is 0 Å². The first kappa shape index (κ1) is 18.4. The van der Waals surface area contributed by atoms with Crippen molar-refractivity contribution in [1.29, 1.82) is 0 Å². The van der Waals surface area contributed by atoms with E-state index < -0.39 is 0 Å². The van der Waals surface area contributed by atoms with Crippen molar-refractivity contribution in [3.8, 4) is 0 Å². The van der Waals surface area contributed by atoms with E-state index in [0.717, 1.165) is 36.5 Å². The number of amides is 2. The van der Waals surface area contributed by atoms with Crippen molar-refractivity contribution in [3.63, 3.8) is 0 Å². The highest BCUT2D eigenvalue weighted by Gasteiger charge is 2.40. The molecule has 2 amide bonds. The third-order valence-corrected chi connectivity index (χ3v) is 6.62. The zero-order valence-corrected chi connectivity index (χ0v) is 15.7. The zero-order chi connectivity index (χ0) is 17.6. The summed E-state index contributed by atoms with van der Waals surface area (Å²) in [6, 6.07) is 0. The van der Waals surface area contributed by atoms with Gasteiger partial charge in [-0.05, 0) is 42.9 Å². The number of fused-ring (bicyclic) bond motifs is 2. The molecule has 1 saturated carbocycles. The average molecular weight is 344 g/mol. The summed E-state index contributed by atoms with van der Waals surface area (Å²) in [6.07, 6.45) is 20.6. The maximum atomic E-state index is 11.4. The van der Waals surface area contributed by atoms with Crippen LogP contribution >= 0.6 is 0 Å². The van der Waals surface area contributed by atoms with Gasteiger partial charge < -0.3 is 0 Å². The minimum atomic E-state index is -0.148. The van der Waals surface area contributed by atoms with Crippen molar-refractivity contribution in [3.05, 3.63) is 24.3 Å². The van der Waals surface area contributed by atoms with Crippen LogP contribution in [0.4, 0.5) is 0 Å². The SMILES string of the molecule is CC1C2C=CC(C2)C1CCCCCCCCCCN1C(=O)C=CC1=O. The third-order valence-electron chi connectivity index (χ3n) is 6.62. The molecule has 3 rings (SSSR count). The van der Waals surface area contributed by atoms with Gasteiger partial charge in [0.25, 0.3) is 11.8 Å². The molecule has 2 bridgehead atoms. The minimum Gasteiger partial charge on any atom is -0.275 e. The predicted molar refractivity (Wildman–Crippen MR) is 101 cm³/mol. The maximum Gasteiger partial charge on any atom is 0.253 e. The van der Waals surface area contributed by atoms with Crippen LogP contribution in [0.15, 0.2) is 24.3 Å². The lowest BCUT2D eigenvalue weighted by molar-refractivity contribution is -0.136. The lowest BCUT2D eigenvalue weighted by Crippen LogP contribution is -2.30. The first-order valence-corrected chi connectivity index (χ1v) is 10.4. The largest absolute Gasteiger partial charge is 0.275 e. The van der Waals surface area contributed by atoms with Crippen LogP contribution in [0.25, 0.3) is 0 Å². The maximum absolute atomic E-state index is 11.4. The summed E-state index contributed by atoms with van der Waals surface area (Å²) in [7, 11) is 0. The molecule has 4 atom stereocenters. The van der Waals surface area contributed by atoms with Crippen LogP contribution in [0.3, 0.4) is 0 Å². The molecule has 3 aliphatic rings. The van der Waals surface area contributed by atoms with Gasteiger partial charge >= 0.3 is 0 Å². The summed E-state index contributed by atoms with van der Waals surface area (Å²) in [5, 5.41) is 0. The van der Waals surface area contributed by atoms with Gasteiger partial charge in [0.2, 0.25) is 0 Å². The fourth-order valence-electron chi connectivity index (χ4n) is 5.01. The zero-order valence-electron chi connectivity index (χ0n) is 15.7. The van der Waals surface area contributed by atoms with Gasteiger partial charge in [-0.3, -0.25) is 14.5 Å². The number of rotatable bonds is 11. The standard InChI is InChI=1S/C22H33NO2/c1-17-18-11-12-19(16-18)20(17)10-8-6-4-2-3-5-7-9-15-23-21(24)13-14-22(23)25/h11-14,17-20H,2-10,15-16H2,1H3. The molecule has 0 aromatic rings. The number of imide groups is 1. The van der Waals surface area contributed by atoms with Gasteiger partial charge in [0.05, 0.1) is 0 Å². The van der Waals surface area contributed by atoms with Crippen molar-refractivity contribution in [2.24, 2.45) is 23.7 Å². The minimum absolute atomic E-state index is 0.148. The van der Waals surface area contributed by atoms with Crippen LogP contribution in [0.2, 0.25) is 0 Å². The van der Waals surface area contributed by atoms with Gasteiger partial charge in [0.15, 0.2) is 0 Å². The van der Waals surface area contributed by atoms with Crippen LogP contribution in [0.1, 0.15) is 71.1 Å². The second-order valence-corrected chi connectivity index (χ2v) is 8.25. The lowest BCUT2D eigenvalue weighted by Gasteiger charge is -2.24. The lowest BCUT2D eigenvalue weighted by atomic mass is 9.81. The molecule has 0 radical (unpaired) electrons. The van der Waals surface area contributed by atoms with Gasteiger partial charge in [-0.25, -0.2) is 0 Å². The average Bonchev–Trinajstić information content (AvgIpc) is 3.28. The van der Waals surface area contributed by atoms with Crippen LogP contribution in [0, 0.1) is 23.7 Å². The van der Waals surface area contributed by atoms with Crippen LogP contribution in [-0.2, 0) is 9.59 Å². The van der Waals surface area contributed by atoms with Crippen molar-refractivity contribution < 1.29 is 9.59 Å². The van der Waals surface area contributed by atoms with Crippen LogP contribution in [-0.4, -0.2) is 23.3 Å². The Morgan fingerprint density at radius 1 is 0.840 bits per heavy atom. The Balaban J connectivity index is 1.13. The molecule has 1 fully saturated rings. The molecule has 0 aromatic carbocycles. The summed E-state index contributed by atoms with van der Waals surface area (Å²) in [4.78, 5) is 24.2. The Kier molecular flexibility index (Phi) is 6.50. The third kappa shape index (κ3) is 4.62. The Morgan fingerprint density at radius 3 is 2.00 bits per heavy atom.